The van der Waals surface area contributed by atoms with E-state index in [-0.39, 0.29) is 26.1 Å². The van der Waals surface area contributed by atoms with Gasteiger partial charge in [-0.1, -0.05) is 29.7 Å². The molecule has 0 aliphatic heterocycles. The number of anilines is 1. The van der Waals surface area contributed by atoms with Crippen molar-refractivity contribution in [2.24, 2.45) is 0 Å². The number of aliphatic hydroxyl groups is 1. The van der Waals surface area contributed by atoms with E-state index in [4.69, 9.17) is 19.3 Å². The van der Waals surface area contributed by atoms with E-state index < -0.39 is 23.6 Å². The molecule has 0 unspecified atom stereocenters. The molecule has 2 rings (SSSR count). The monoisotopic (exact) mass is 492 g/mol. The summed E-state index contributed by atoms with van der Waals surface area (Å²) in [6.07, 6.45) is 0.872. The maximum Gasteiger partial charge on any atom is 0.413 e. The molecule has 0 aliphatic carbocycles. The minimum Gasteiger partial charge on any atom is -0.469 e. The van der Waals surface area contributed by atoms with Gasteiger partial charge in [0, 0.05) is 17.3 Å². The first-order valence-corrected chi connectivity index (χ1v) is 11.0. The summed E-state index contributed by atoms with van der Waals surface area (Å²) in [6.45, 7) is 4.84. The summed E-state index contributed by atoms with van der Waals surface area (Å²) >= 11 is 0. The van der Waals surface area contributed by atoms with Gasteiger partial charge in [-0.25, -0.2) is 9.78 Å². The molecule has 2 aromatic rings. The largest absolute Gasteiger partial charge is 0.469 e. The number of carbonyl (C=O) groups is 3. The molecule has 36 heavy (non-hydrogen) atoms. The topological polar surface area (TPSA) is 124 Å². The summed E-state index contributed by atoms with van der Waals surface area (Å²) in [7, 11) is 1.30. The number of aromatic nitrogens is 1. The molecule has 0 spiro atoms. The Morgan fingerprint density at radius 1 is 0.972 bits per heavy atom. The first kappa shape index (κ1) is 27.9. The highest BCUT2D eigenvalue weighted by atomic mass is 16.6. The number of esters is 2. The number of benzene rings is 1. The standard InChI is InChI=1S/C27H28N2O7/c1-27(2,3)36-26(33)29-23-10-9-21(18-28-23)16-25(32)35-12-6-8-20-13-19(7-5-11-30)14-22(15-20)17-24(31)34-4/h9-10,13-15,18,30H,11-12,16-17H2,1-4H3,(H,28,29,33). The average Bonchev–Trinajstić information content (AvgIpc) is 2.80. The Labute approximate surface area is 210 Å². The lowest BCUT2D eigenvalue weighted by molar-refractivity contribution is -0.141. The number of amides is 1. The van der Waals surface area contributed by atoms with Crippen molar-refractivity contribution >= 4 is 23.8 Å². The van der Waals surface area contributed by atoms with Crippen molar-refractivity contribution in [3.8, 4) is 23.7 Å². The first-order chi connectivity index (χ1) is 17.1. The zero-order valence-electron chi connectivity index (χ0n) is 20.6. The molecular weight excluding hydrogens is 464 g/mol. The molecule has 1 aromatic carbocycles. The normalized spacial score (nSPS) is 10.1. The number of rotatable bonds is 6. The van der Waals surface area contributed by atoms with Gasteiger partial charge in [-0.3, -0.25) is 14.9 Å². The van der Waals surface area contributed by atoms with Gasteiger partial charge in [-0.15, -0.1) is 0 Å². The molecule has 188 valence electrons. The highest BCUT2D eigenvalue weighted by molar-refractivity contribution is 5.83. The highest BCUT2D eigenvalue weighted by Crippen LogP contribution is 2.12. The molecular formula is C27H28N2O7. The van der Waals surface area contributed by atoms with Crippen molar-refractivity contribution < 1.29 is 33.7 Å². The smallest absolute Gasteiger partial charge is 0.413 e. The molecule has 0 saturated carbocycles. The average molecular weight is 493 g/mol. The van der Waals surface area contributed by atoms with Crippen LogP contribution < -0.4 is 5.32 Å². The van der Waals surface area contributed by atoms with E-state index in [9.17, 15) is 14.4 Å². The van der Waals surface area contributed by atoms with E-state index in [1.807, 2.05) is 0 Å². The lowest BCUT2D eigenvalue weighted by Crippen LogP contribution is -2.27. The second kappa shape index (κ2) is 13.5. The maximum atomic E-state index is 12.1. The van der Waals surface area contributed by atoms with Gasteiger partial charge in [0.1, 0.15) is 18.0 Å². The predicted molar refractivity (Wildman–Crippen MR) is 132 cm³/mol. The van der Waals surface area contributed by atoms with Gasteiger partial charge in [0.15, 0.2) is 6.61 Å². The minimum absolute atomic E-state index is 0.0170. The number of carbonyl (C=O) groups excluding carboxylic acids is 3. The Morgan fingerprint density at radius 3 is 2.22 bits per heavy atom. The van der Waals surface area contributed by atoms with Crippen LogP contribution in [0.15, 0.2) is 36.5 Å². The van der Waals surface area contributed by atoms with Gasteiger partial charge in [-0.05, 0) is 56.2 Å². The van der Waals surface area contributed by atoms with Crippen molar-refractivity contribution in [3.05, 3.63) is 58.8 Å². The van der Waals surface area contributed by atoms with Crippen LogP contribution in [-0.4, -0.2) is 54.0 Å². The van der Waals surface area contributed by atoms with E-state index in [0.717, 1.165) is 0 Å². The fourth-order valence-electron chi connectivity index (χ4n) is 2.80. The number of methoxy groups -OCH3 is 1. The molecule has 2 N–H and O–H groups in total. The molecule has 9 nitrogen and oxygen atoms in total. The summed E-state index contributed by atoms with van der Waals surface area (Å²) in [5.74, 6) is 10.4. The van der Waals surface area contributed by atoms with Gasteiger partial charge >= 0.3 is 18.0 Å². The number of nitrogens with one attached hydrogen (secondary N) is 1. The third-order valence-electron chi connectivity index (χ3n) is 4.22. The van der Waals surface area contributed by atoms with Crippen molar-refractivity contribution in [1.82, 2.24) is 4.98 Å². The van der Waals surface area contributed by atoms with Crippen LogP contribution in [0.5, 0.6) is 0 Å². The Hall–Kier alpha value is -4.34. The van der Waals surface area contributed by atoms with Gasteiger partial charge in [-0.2, -0.15) is 0 Å². The molecule has 0 radical (unpaired) electrons. The Balaban J connectivity index is 1.93. The van der Waals surface area contributed by atoms with Crippen molar-refractivity contribution in [2.45, 2.75) is 39.2 Å². The molecule has 0 fully saturated rings. The van der Waals surface area contributed by atoms with Crippen LogP contribution in [0.4, 0.5) is 10.6 Å². The van der Waals surface area contributed by atoms with E-state index in [1.54, 1.807) is 51.1 Å². The second-order valence-electron chi connectivity index (χ2n) is 8.45. The van der Waals surface area contributed by atoms with Crippen molar-refractivity contribution in [3.63, 3.8) is 0 Å². The first-order valence-electron chi connectivity index (χ1n) is 11.0. The van der Waals surface area contributed by atoms with Crippen LogP contribution in [0.1, 0.15) is 43.0 Å². The number of hydrogen-bond donors (Lipinski definition) is 2. The summed E-state index contributed by atoms with van der Waals surface area (Å²) < 4.78 is 15.0. The number of hydrogen-bond acceptors (Lipinski definition) is 8. The van der Waals surface area contributed by atoms with Crippen LogP contribution in [0, 0.1) is 23.7 Å². The van der Waals surface area contributed by atoms with Crippen molar-refractivity contribution in [2.75, 3.05) is 25.6 Å². The van der Waals surface area contributed by atoms with Crippen LogP contribution in [0.25, 0.3) is 0 Å². The Morgan fingerprint density at radius 2 is 1.64 bits per heavy atom. The Bertz CT molecular complexity index is 1210. The fraction of sp³-hybridized carbons (Fsp3) is 0.333. The van der Waals surface area contributed by atoms with Gasteiger partial charge < -0.3 is 19.3 Å². The fourth-order valence-corrected chi connectivity index (χ4v) is 2.80. The molecule has 0 bridgehead atoms. The van der Waals surface area contributed by atoms with Crippen molar-refractivity contribution in [1.29, 1.82) is 0 Å². The predicted octanol–water partition coefficient (Wildman–Crippen LogP) is 2.63. The number of aliphatic hydroxyl groups excluding tert-OH is 1. The lowest BCUT2D eigenvalue weighted by atomic mass is 10.0. The zero-order valence-corrected chi connectivity index (χ0v) is 20.6. The van der Waals surface area contributed by atoms with Crippen LogP contribution in [0.2, 0.25) is 0 Å². The summed E-state index contributed by atoms with van der Waals surface area (Å²) in [4.78, 5) is 39.6. The molecule has 1 aromatic heterocycles. The van der Waals surface area contributed by atoms with Gasteiger partial charge in [0.25, 0.3) is 0 Å². The molecule has 9 heteroatoms. The summed E-state index contributed by atoms with van der Waals surface area (Å²) in [5, 5.41) is 11.4. The highest BCUT2D eigenvalue weighted by Gasteiger charge is 2.16. The lowest BCUT2D eigenvalue weighted by Gasteiger charge is -2.19. The van der Waals surface area contributed by atoms with E-state index in [1.165, 1.54) is 13.3 Å². The van der Waals surface area contributed by atoms with Crippen LogP contribution in [-0.2, 0) is 36.6 Å². The van der Waals surface area contributed by atoms with Gasteiger partial charge in [0.2, 0.25) is 0 Å². The quantitative estimate of drug-likeness (QED) is 0.358. The number of ether oxygens (including phenoxy) is 3. The maximum absolute atomic E-state index is 12.1. The third kappa shape index (κ3) is 10.7. The third-order valence-corrected chi connectivity index (χ3v) is 4.22. The Kier molecular flexibility index (Phi) is 10.5. The SMILES string of the molecule is COC(=O)Cc1cc(C#CCO)cc(C#CCOC(=O)Cc2ccc(NC(=O)OC(C)(C)C)nc2)c1. The molecule has 0 aliphatic rings. The molecule has 0 atom stereocenters. The van der Waals surface area contributed by atoms with Gasteiger partial charge in [0.05, 0.1) is 20.0 Å². The number of pyridine rings is 1. The molecule has 0 saturated heterocycles. The molecule has 1 amide bonds. The number of nitrogens with zero attached hydrogens (tertiary/aromatic N) is 1. The second-order valence-corrected chi connectivity index (χ2v) is 8.45. The summed E-state index contributed by atoms with van der Waals surface area (Å²) in [5.41, 5.74) is 1.80. The molecule has 1 heterocycles. The summed E-state index contributed by atoms with van der Waals surface area (Å²) in [6, 6.07) is 8.34. The minimum atomic E-state index is -0.626. The van der Waals surface area contributed by atoms with Crippen LogP contribution in [0.3, 0.4) is 0 Å². The van der Waals surface area contributed by atoms with Crippen LogP contribution >= 0.6 is 0 Å². The zero-order chi connectivity index (χ0) is 26.6. The van der Waals surface area contributed by atoms with E-state index in [2.05, 4.69) is 34.0 Å². The van der Waals surface area contributed by atoms with E-state index >= 15 is 0 Å². The van der Waals surface area contributed by atoms with E-state index in [0.29, 0.717) is 28.1 Å².